The van der Waals surface area contributed by atoms with Crippen LogP contribution in [-0.4, -0.2) is 20.1 Å². The zero-order chi connectivity index (χ0) is 20.5. The number of aryl methyl sites for hydroxylation is 1. The SMILES string of the molecule is COc1cc2c(cc1OC)[C@H](c1ccccc1Br)N(c1ccc(C)cc1)C(=O)C2. The number of ether oxygens (including phenoxy) is 2. The Morgan fingerprint density at radius 3 is 2.24 bits per heavy atom. The van der Waals surface area contributed by atoms with Crippen LogP contribution in [0.5, 0.6) is 11.5 Å². The van der Waals surface area contributed by atoms with Crippen LogP contribution in [0.25, 0.3) is 0 Å². The van der Waals surface area contributed by atoms with Crippen LogP contribution >= 0.6 is 15.9 Å². The third-order valence-electron chi connectivity index (χ3n) is 5.32. The first-order valence-corrected chi connectivity index (χ1v) is 10.2. The van der Waals surface area contributed by atoms with Crippen molar-refractivity contribution in [3.63, 3.8) is 0 Å². The molecule has 5 heteroatoms. The molecule has 0 N–H and O–H groups in total. The number of halogens is 1. The van der Waals surface area contributed by atoms with E-state index in [4.69, 9.17) is 9.47 Å². The van der Waals surface area contributed by atoms with E-state index in [1.165, 1.54) is 0 Å². The highest BCUT2D eigenvalue weighted by molar-refractivity contribution is 9.10. The van der Waals surface area contributed by atoms with E-state index in [2.05, 4.69) is 22.0 Å². The van der Waals surface area contributed by atoms with Crippen LogP contribution in [0.15, 0.2) is 65.1 Å². The molecule has 0 radical (unpaired) electrons. The molecule has 4 nitrogen and oxygen atoms in total. The molecule has 0 aliphatic carbocycles. The van der Waals surface area contributed by atoms with Crippen molar-refractivity contribution < 1.29 is 14.3 Å². The molecule has 0 unspecified atom stereocenters. The van der Waals surface area contributed by atoms with Crippen molar-refractivity contribution in [2.45, 2.75) is 19.4 Å². The highest BCUT2D eigenvalue weighted by Crippen LogP contribution is 2.44. The zero-order valence-electron chi connectivity index (χ0n) is 16.6. The molecule has 29 heavy (non-hydrogen) atoms. The van der Waals surface area contributed by atoms with Crippen molar-refractivity contribution in [2.75, 3.05) is 19.1 Å². The molecule has 4 rings (SSSR count). The largest absolute Gasteiger partial charge is 0.493 e. The van der Waals surface area contributed by atoms with Crippen molar-refractivity contribution in [3.8, 4) is 11.5 Å². The second kappa shape index (κ2) is 7.91. The summed E-state index contributed by atoms with van der Waals surface area (Å²) in [6.07, 6.45) is 0.310. The number of rotatable bonds is 4. The number of benzene rings is 3. The topological polar surface area (TPSA) is 38.8 Å². The Bertz CT molecular complexity index is 1060. The fourth-order valence-corrected chi connectivity index (χ4v) is 4.38. The Balaban J connectivity index is 1.97. The molecule has 0 saturated heterocycles. The quantitative estimate of drug-likeness (QED) is 0.528. The lowest BCUT2D eigenvalue weighted by Crippen LogP contribution is -2.41. The van der Waals surface area contributed by atoms with Gasteiger partial charge in [0, 0.05) is 10.2 Å². The van der Waals surface area contributed by atoms with Crippen molar-refractivity contribution in [2.24, 2.45) is 0 Å². The van der Waals surface area contributed by atoms with Gasteiger partial charge in [-0.3, -0.25) is 4.79 Å². The lowest BCUT2D eigenvalue weighted by Gasteiger charge is -2.38. The second-order valence-electron chi connectivity index (χ2n) is 7.11. The van der Waals surface area contributed by atoms with Crippen LogP contribution in [0, 0.1) is 6.92 Å². The number of carbonyl (C=O) groups is 1. The van der Waals surface area contributed by atoms with Gasteiger partial charge in [-0.1, -0.05) is 51.8 Å². The number of hydrogen-bond acceptors (Lipinski definition) is 3. The van der Waals surface area contributed by atoms with Crippen molar-refractivity contribution in [3.05, 3.63) is 87.4 Å². The van der Waals surface area contributed by atoms with Crippen LogP contribution in [-0.2, 0) is 11.2 Å². The minimum absolute atomic E-state index is 0.0503. The summed E-state index contributed by atoms with van der Waals surface area (Å²) >= 11 is 3.69. The molecular weight excluding hydrogens is 430 g/mol. The summed E-state index contributed by atoms with van der Waals surface area (Å²) in [5.41, 5.74) is 5.05. The van der Waals surface area contributed by atoms with E-state index in [0.717, 1.165) is 32.4 Å². The Labute approximate surface area is 179 Å². The van der Waals surface area contributed by atoms with Gasteiger partial charge in [-0.15, -0.1) is 0 Å². The van der Waals surface area contributed by atoms with E-state index >= 15 is 0 Å². The van der Waals surface area contributed by atoms with Gasteiger partial charge in [0.25, 0.3) is 0 Å². The summed E-state index contributed by atoms with van der Waals surface area (Å²) in [7, 11) is 3.24. The first-order valence-electron chi connectivity index (χ1n) is 9.41. The molecule has 0 spiro atoms. The molecule has 3 aromatic carbocycles. The molecule has 1 atom stereocenters. The van der Waals surface area contributed by atoms with Gasteiger partial charge in [0.05, 0.1) is 26.7 Å². The fraction of sp³-hybridized carbons (Fsp3) is 0.208. The number of amides is 1. The predicted molar refractivity (Wildman–Crippen MR) is 118 cm³/mol. The van der Waals surface area contributed by atoms with Gasteiger partial charge in [0.1, 0.15) is 0 Å². The Hall–Kier alpha value is -2.79. The number of carbonyl (C=O) groups excluding carboxylic acids is 1. The van der Waals surface area contributed by atoms with Gasteiger partial charge in [0.15, 0.2) is 11.5 Å². The van der Waals surface area contributed by atoms with Gasteiger partial charge in [0.2, 0.25) is 5.91 Å². The highest BCUT2D eigenvalue weighted by atomic mass is 79.9. The smallest absolute Gasteiger partial charge is 0.232 e. The highest BCUT2D eigenvalue weighted by Gasteiger charge is 2.36. The molecular formula is C24H22BrNO3. The minimum atomic E-state index is -0.274. The fourth-order valence-electron chi connectivity index (χ4n) is 3.88. The summed E-state index contributed by atoms with van der Waals surface area (Å²) in [6, 6.07) is 19.7. The number of methoxy groups -OCH3 is 2. The Morgan fingerprint density at radius 2 is 1.59 bits per heavy atom. The third kappa shape index (κ3) is 3.51. The minimum Gasteiger partial charge on any atom is -0.493 e. The monoisotopic (exact) mass is 451 g/mol. The first kappa shape index (κ1) is 19.5. The van der Waals surface area contributed by atoms with Crippen LogP contribution in [0.2, 0.25) is 0 Å². The van der Waals surface area contributed by atoms with Crippen LogP contribution in [0.4, 0.5) is 5.69 Å². The average molecular weight is 452 g/mol. The number of anilines is 1. The second-order valence-corrected chi connectivity index (χ2v) is 7.96. The summed E-state index contributed by atoms with van der Waals surface area (Å²) in [5.74, 6) is 1.34. The Morgan fingerprint density at radius 1 is 0.931 bits per heavy atom. The maximum atomic E-state index is 13.3. The van der Waals surface area contributed by atoms with E-state index in [0.29, 0.717) is 17.9 Å². The maximum Gasteiger partial charge on any atom is 0.232 e. The predicted octanol–water partition coefficient (Wildman–Crippen LogP) is 5.45. The van der Waals surface area contributed by atoms with Crippen LogP contribution < -0.4 is 14.4 Å². The van der Waals surface area contributed by atoms with E-state index in [-0.39, 0.29) is 11.9 Å². The summed E-state index contributed by atoms with van der Waals surface area (Å²) in [5, 5.41) is 0. The molecule has 0 saturated carbocycles. The molecule has 0 bridgehead atoms. The van der Waals surface area contributed by atoms with E-state index < -0.39 is 0 Å². The number of fused-ring (bicyclic) bond motifs is 1. The van der Waals surface area contributed by atoms with Crippen LogP contribution in [0.3, 0.4) is 0 Å². The van der Waals surface area contributed by atoms with Crippen molar-refractivity contribution >= 4 is 27.5 Å². The number of hydrogen-bond donors (Lipinski definition) is 0. The normalized spacial score (nSPS) is 15.8. The van der Waals surface area contributed by atoms with Crippen molar-refractivity contribution in [1.29, 1.82) is 0 Å². The van der Waals surface area contributed by atoms with Gasteiger partial charge in [-0.2, -0.15) is 0 Å². The van der Waals surface area contributed by atoms with Gasteiger partial charge < -0.3 is 14.4 Å². The van der Waals surface area contributed by atoms with E-state index in [9.17, 15) is 4.79 Å². The lowest BCUT2D eigenvalue weighted by atomic mass is 9.86. The molecule has 1 aliphatic rings. The molecule has 0 fully saturated rings. The number of nitrogens with zero attached hydrogens (tertiary/aromatic N) is 1. The van der Waals surface area contributed by atoms with Crippen LogP contribution in [0.1, 0.15) is 28.3 Å². The van der Waals surface area contributed by atoms with Crippen molar-refractivity contribution in [1.82, 2.24) is 0 Å². The average Bonchev–Trinajstić information content (AvgIpc) is 2.73. The van der Waals surface area contributed by atoms with Gasteiger partial charge >= 0.3 is 0 Å². The third-order valence-corrected chi connectivity index (χ3v) is 6.04. The molecule has 0 aromatic heterocycles. The van der Waals surface area contributed by atoms with Gasteiger partial charge in [-0.05, 0) is 53.9 Å². The molecule has 1 aliphatic heterocycles. The molecule has 148 valence electrons. The Kier molecular flexibility index (Phi) is 5.33. The first-order chi connectivity index (χ1) is 14.0. The van der Waals surface area contributed by atoms with Gasteiger partial charge in [-0.25, -0.2) is 0 Å². The lowest BCUT2D eigenvalue weighted by molar-refractivity contribution is -0.118. The maximum absolute atomic E-state index is 13.3. The van der Waals surface area contributed by atoms with E-state index in [1.54, 1.807) is 14.2 Å². The molecule has 1 amide bonds. The standard InChI is InChI=1S/C24H22BrNO3/c1-15-8-10-17(11-9-15)26-23(27)13-16-12-21(28-2)22(29-3)14-19(16)24(26)18-6-4-5-7-20(18)25/h4-12,14,24H,13H2,1-3H3/t24-/m0/s1. The zero-order valence-corrected chi connectivity index (χ0v) is 18.2. The summed E-state index contributed by atoms with van der Waals surface area (Å²) in [4.78, 5) is 15.2. The summed E-state index contributed by atoms with van der Waals surface area (Å²) in [6.45, 7) is 2.04. The molecule has 1 heterocycles. The summed E-state index contributed by atoms with van der Waals surface area (Å²) < 4.78 is 12.0. The van der Waals surface area contributed by atoms with E-state index in [1.807, 2.05) is 66.4 Å². The molecule has 3 aromatic rings.